The number of hydrogen-bond donors (Lipinski definition) is 2. The predicted octanol–water partition coefficient (Wildman–Crippen LogP) is 3.08. The van der Waals surface area contributed by atoms with Crippen LogP contribution in [0.15, 0.2) is 24.4 Å². The zero-order chi connectivity index (χ0) is 17.8. The molecule has 1 aromatic heterocycles. The van der Waals surface area contributed by atoms with Crippen molar-refractivity contribution in [2.75, 3.05) is 23.7 Å². The SMILES string of the molecule is C[C@]1(N)C[C@H]2CN(c3cnc(-c4cccc(Cl)c4F)c(N)n3)C[C@H]2C1. The fraction of sp³-hybridized carbons (Fsp3) is 0.444. The topological polar surface area (TPSA) is 81.1 Å². The van der Waals surface area contributed by atoms with Crippen LogP contribution in [0.3, 0.4) is 0 Å². The highest BCUT2D eigenvalue weighted by Crippen LogP contribution is 2.43. The summed E-state index contributed by atoms with van der Waals surface area (Å²) in [6.45, 7) is 3.95. The van der Waals surface area contributed by atoms with Crippen molar-refractivity contribution >= 4 is 23.2 Å². The molecule has 25 heavy (non-hydrogen) atoms. The van der Waals surface area contributed by atoms with E-state index < -0.39 is 5.82 Å². The van der Waals surface area contributed by atoms with E-state index in [9.17, 15) is 4.39 Å². The number of nitrogens with two attached hydrogens (primary N) is 2. The lowest BCUT2D eigenvalue weighted by Gasteiger charge is -2.23. The maximum Gasteiger partial charge on any atom is 0.152 e. The molecule has 0 amide bonds. The van der Waals surface area contributed by atoms with E-state index in [0.717, 1.165) is 31.7 Å². The van der Waals surface area contributed by atoms with Crippen LogP contribution in [0.1, 0.15) is 19.8 Å². The normalized spacial score (nSPS) is 28.4. The average molecular weight is 362 g/mol. The number of nitrogen functional groups attached to an aromatic ring is 1. The summed E-state index contributed by atoms with van der Waals surface area (Å²) in [6, 6.07) is 4.76. The van der Waals surface area contributed by atoms with Crippen LogP contribution < -0.4 is 16.4 Å². The Morgan fingerprint density at radius 1 is 1.28 bits per heavy atom. The van der Waals surface area contributed by atoms with Crippen LogP contribution >= 0.6 is 11.6 Å². The van der Waals surface area contributed by atoms with Crippen molar-refractivity contribution in [2.45, 2.75) is 25.3 Å². The molecular formula is C18H21ClFN5. The van der Waals surface area contributed by atoms with Crippen molar-refractivity contribution in [2.24, 2.45) is 17.6 Å². The van der Waals surface area contributed by atoms with E-state index >= 15 is 0 Å². The van der Waals surface area contributed by atoms with E-state index in [1.807, 2.05) is 0 Å². The van der Waals surface area contributed by atoms with Crippen LogP contribution in [0.5, 0.6) is 0 Å². The van der Waals surface area contributed by atoms with E-state index in [1.54, 1.807) is 18.3 Å². The largest absolute Gasteiger partial charge is 0.382 e. The molecule has 1 aliphatic carbocycles. The molecule has 2 fully saturated rings. The fourth-order valence-corrected chi connectivity index (χ4v) is 4.48. The van der Waals surface area contributed by atoms with Gasteiger partial charge in [-0.25, -0.2) is 14.4 Å². The molecule has 7 heteroatoms. The minimum atomic E-state index is -0.532. The maximum atomic E-state index is 14.2. The molecule has 0 bridgehead atoms. The van der Waals surface area contributed by atoms with Gasteiger partial charge < -0.3 is 16.4 Å². The van der Waals surface area contributed by atoms with Crippen LogP contribution in [0.25, 0.3) is 11.3 Å². The molecule has 132 valence electrons. The number of hydrogen-bond acceptors (Lipinski definition) is 5. The third-order valence-electron chi connectivity index (χ3n) is 5.35. The van der Waals surface area contributed by atoms with Crippen molar-refractivity contribution in [1.82, 2.24) is 9.97 Å². The second kappa shape index (κ2) is 5.81. The average Bonchev–Trinajstić information content (AvgIpc) is 3.04. The number of anilines is 2. The van der Waals surface area contributed by atoms with Crippen LogP contribution in [0.2, 0.25) is 5.02 Å². The van der Waals surface area contributed by atoms with Crippen molar-refractivity contribution in [3.05, 3.63) is 35.2 Å². The lowest BCUT2D eigenvalue weighted by molar-refractivity contribution is 0.449. The van der Waals surface area contributed by atoms with Gasteiger partial charge >= 0.3 is 0 Å². The van der Waals surface area contributed by atoms with Gasteiger partial charge in [-0.15, -0.1) is 0 Å². The van der Waals surface area contributed by atoms with Crippen molar-refractivity contribution < 1.29 is 4.39 Å². The summed E-state index contributed by atoms with van der Waals surface area (Å²) in [5, 5.41) is 0.0416. The molecule has 4 rings (SSSR count). The maximum absolute atomic E-state index is 14.2. The predicted molar refractivity (Wildman–Crippen MR) is 97.9 cm³/mol. The zero-order valence-electron chi connectivity index (χ0n) is 14.0. The number of rotatable bonds is 2. The van der Waals surface area contributed by atoms with E-state index in [4.69, 9.17) is 23.1 Å². The highest BCUT2D eigenvalue weighted by Gasteiger charge is 2.45. The van der Waals surface area contributed by atoms with Gasteiger partial charge in [0.2, 0.25) is 0 Å². The molecule has 5 nitrogen and oxygen atoms in total. The summed E-state index contributed by atoms with van der Waals surface area (Å²) in [6.07, 6.45) is 3.72. The number of aromatic nitrogens is 2. The Balaban J connectivity index is 1.58. The summed E-state index contributed by atoms with van der Waals surface area (Å²) >= 11 is 5.85. The van der Waals surface area contributed by atoms with E-state index in [0.29, 0.717) is 17.5 Å². The first-order chi connectivity index (χ1) is 11.8. The quantitative estimate of drug-likeness (QED) is 0.859. The summed E-state index contributed by atoms with van der Waals surface area (Å²) in [7, 11) is 0. The van der Waals surface area contributed by atoms with Crippen LogP contribution in [0, 0.1) is 17.7 Å². The molecule has 2 heterocycles. The van der Waals surface area contributed by atoms with E-state index in [1.165, 1.54) is 6.07 Å². The van der Waals surface area contributed by atoms with Crippen LogP contribution in [-0.4, -0.2) is 28.6 Å². The lowest BCUT2D eigenvalue weighted by Crippen LogP contribution is -2.35. The zero-order valence-corrected chi connectivity index (χ0v) is 14.8. The van der Waals surface area contributed by atoms with Gasteiger partial charge in [0.25, 0.3) is 0 Å². The Bertz CT molecular complexity index is 809. The monoisotopic (exact) mass is 361 g/mol. The highest BCUT2D eigenvalue weighted by atomic mass is 35.5. The van der Waals surface area contributed by atoms with Crippen molar-refractivity contribution in [3.8, 4) is 11.3 Å². The lowest BCUT2D eigenvalue weighted by atomic mass is 10.00. The second-order valence-electron chi connectivity index (χ2n) is 7.55. The Labute approximate surface area is 151 Å². The molecule has 2 aromatic rings. The van der Waals surface area contributed by atoms with Gasteiger partial charge in [0, 0.05) is 24.2 Å². The molecule has 0 unspecified atom stereocenters. The van der Waals surface area contributed by atoms with Gasteiger partial charge in [0.15, 0.2) is 11.6 Å². The van der Waals surface area contributed by atoms with Crippen LogP contribution in [0.4, 0.5) is 16.0 Å². The van der Waals surface area contributed by atoms with Crippen molar-refractivity contribution in [3.63, 3.8) is 0 Å². The minimum absolute atomic E-state index is 0.0416. The Hall–Kier alpha value is -1.92. The smallest absolute Gasteiger partial charge is 0.152 e. The Kier molecular flexibility index (Phi) is 3.85. The first-order valence-electron chi connectivity index (χ1n) is 8.45. The van der Waals surface area contributed by atoms with Gasteiger partial charge in [-0.1, -0.05) is 17.7 Å². The third kappa shape index (κ3) is 2.93. The standard InChI is InChI=1S/C18H21ClFN5/c1-18(22)5-10-8-25(9-11(10)6-18)14-7-23-16(17(21)24-14)12-3-2-4-13(19)15(12)20/h2-4,7,10-11H,5-6,8-9,22H2,1H3,(H2,21,24)/t10-,11+,18-. The highest BCUT2D eigenvalue weighted by molar-refractivity contribution is 6.31. The van der Waals surface area contributed by atoms with Gasteiger partial charge in [-0.2, -0.15) is 0 Å². The number of benzene rings is 1. The first-order valence-corrected chi connectivity index (χ1v) is 8.82. The molecule has 1 aliphatic heterocycles. The van der Waals surface area contributed by atoms with Crippen LogP contribution in [-0.2, 0) is 0 Å². The molecule has 2 aliphatic rings. The van der Waals surface area contributed by atoms with Gasteiger partial charge in [-0.3, -0.25) is 0 Å². The summed E-state index contributed by atoms with van der Waals surface area (Å²) < 4.78 is 14.2. The summed E-state index contributed by atoms with van der Waals surface area (Å²) in [4.78, 5) is 11.0. The molecule has 3 atom stereocenters. The molecule has 0 spiro atoms. The second-order valence-corrected chi connectivity index (χ2v) is 7.96. The fourth-order valence-electron chi connectivity index (χ4n) is 4.31. The minimum Gasteiger partial charge on any atom is -0.382 e. The molecule has 4 N–H and O–H groups in total. The van der Waals surface area contributed by atoms with Gasteiger partial charge in [-0.05, 0) is 43.7 Å². The van der Waals surface area contributed by atoms with Gasteiger partial charge in [0.05, 0.1) is 11.2 Å². The molecule has 0 radical (unpaired) electrons. The van der Waals surface area contributed by atoms with Gasteiger partial charge in [0.1, 0.15) is 11.5 Å². The summed E-state index contributed by atoms with van der Waals surface area (Å²) in [5.41, 5.74) is 12.9. The Morgan fingerprint density at radius 2 is 1.96 bits per heavy atom. The van der Waals surface area contributed by atoms with Crippen molar-refractivity contribution in [1.29, 1.82) is 0 Å². The number of fused-ring (bicyclic) bond motifs is 1. The molecule has 1 saturated carbocycles. The molecule has 1 saturated heterocycles. The first kappa shape index (κ1) is 16.5. The number of nitrogens with zero attached hydrogens (tertiary/aromatic N) is 3. The molecular weight excluding hydrogens is 341 g/mol. The van der Waals surface area contributed by atoms with E-state index in [2.05, 4.69) is 21.8 Å². The van der Waals surface area contributed by atoms with E-state index in [-0.39, 0.29) is 21.9 Å². The molecule has 1 aromatic carbocycles. The summed E-state index contributed by atoms with van der Waals surface area (Å²) in [5.74, 6) is 1.58. The Morgan fingerprint density at radius 3 is 2.60 bits per heavy atom. The third-order valence-corrected chi connectivity index (χ3v) is 5.64. The number of halogens is 2.